The van der Waals surface area contributed by atoms with Crippen LogP contribution in [0.2, 0.25) is 23.3 Å². The van der Waals surface area contributed by atoms with Gasteiger partial charge in [-0.15, -0.1) is 0 Å². The van der Waals surface area contributed by atoms with Crippen molar-refractivity contribution in [3.05, 3.63) is 0 Å². The van der Waals surface area contributed by atoms with Gasteiger partial charge < -0.3 is 9.31 Å². The first-order valence-corrected chi connectivity index (χ1v) is 13.4. The minimum atomic E-state index is 0.612. The van der Waals surface area contributed by atoms with E-state index < -0.39 is 0 Å². The maximum absolute atomic E-state index is 6.36. The average Bonchev–Trinajstić information content (AvgIpc) is 2.66. The molecule has 27 heavy (non-hydrogen) atoms. The van der Waals surface area contributed by atoms with E-state index in [0.29, 0.717) is 13.8 Å². The van der Waals surface area contributed by atoms with Gasteiger partial charge in [0.15, 0.2) is 0 Å². The second kappa shape index (κ2) is 11.0. The van der Waals surface area contributed by atoms with Crippen LogP contribution in [0.25, 0.3) is 0 Å². The summed E-state index contributed by atoms with van der Waals surface area (Å²) in [6, 6.07) is 0. The van der Waals surface area contributed by atoms with Gasteiger partial charge in [0.05, 0.1) is 0 Å². The molecular formula is C22H40B2O2S. The Bertz CT molecular complexity index is 357. The quantitative estimate of drug-likeness (QED) is 0.304. The number of thioether (sulfide) groups is 1. The minimum Gasteiger partial charge on any atom is -0.435 e. The Morgan fingerprint density at radius 2 is 0.889 bits per heavy atom. The molecule has 4 heterocycles. The van der Waals surface area contributed by atoms with Crippen molar-refractivity contribution in [1.82, 2.24) is 0 Å². The molecule has 0 spiro atoms. The lowest BCUT2D eigenvalue weighted by atomic mass is 9.38. The molecule has 4 rings (SSSR count). The molecule has 4 aliphatic rings. The highest BCUT2D eigenvalue weighted by atomic mass is 32.2. The molecule has 4 saturated heterocycles. The predicted molar refractivity (Wildman–Crippen MR) is 120 cm³/mol. The van der Waals surface area contributed by atoms with Gasteiger partial charge in [0.1, 0.15) is 0 Å². The fourth-order valence-corrected chi connectivity index (χ4v) is 7.49. The summed E-state index contributed by atoms with van der Waals surface area (Å²) in [5.74, 6) is 6.08. The molecule has 2 nitrogen and oxygen atoms in total. The SMILES string of the molecule is C(COB1C2CCCC1CCC2)CSCCCOB1C2CCCC1CCC2. The molecule has 5 heteroatoms. The highest BCUT2D eigenvalue weighted by molar-refractivity contribution is 7.99. The van der Waals surface area contributed by atoms with E-state index in [4.69, 9.17) is 9.31 Å². The third kappa shape index (κ3) is 5.72. The van der Waals surface area contributed by atoms with E-state index >= 15 is 0 Å². The van der Waals surface area contributed by atoms with E-state index in [-0.39, 0.29) is 0 Å². The molecule has 0 atom stereocenters. The fourth-order valence-electron chi connectivity index (χ4n) is 6.64. The zero-order valence-corrected chi connectivity index (χ0v) is 18.2. The van der Waals surface area contributed by atoms with Crippen LogP contribution in [0.1, 0.15) is 89.9 Å². The topological polar surface area (TPSA) is 18.5 Å². The third-order valence-corrected chi connectivity index (χ3v) is 9.10. The molecule has 4 fully saturated rings. The van der Waals surface area contributed by atoms with Crippen LogP contribution in [0.5, 0.6) is 0 Å². The van der Waals surface area contributed by atoms with Gasteiger partial charge in [0, 0.05) is 13.2 Å². The standard InChI is InChI=1S/C22H40B2O2S/c1-7-19-9-2-10-20(8-1)23(19)25-15-5-17-27-18-6-16-26-24-21-11-3-12-22(24)14-4-13-21/h19-22H,1-18H2. The first kappa shape index (κ1) is 20.7. The van der Waals surface area contributed by atoms with Crippen LogP contribution in [0.4, 0.5) is 0 Å². The molecule has 0 aromatic carbocycles. The minimum absolute atomic E-state index is 0.612. The molecule has 0 aromatic rings. The number of fused-ring (bicyclic) bond motifs is 4. The lowest BCUT2D eigenvalue weighted by molar-refractivity contribution is 0.268. The summed E-state index contributed by atoms with van der Waals surface area (Å²) in [7, 11) is 0. The van der Waals surface area contributed by atoms with Gasteiger partial charge in [0.25, 0.3) is 13.8 Å². The molecule has 4 bridgehead atoms. The van der Waals surface area contributed by atoms with Crippen molar-refractivity contribution in [2.24, 2.45) is 0 Å². The zero-order valence-electron chi connectivity index (χ0n) is 17.4. The summed E-state index contributed by atoms with van der Waals surface area (Å²) in [5.41, 5.74) is 0. The van der Waals surface area contributed by atoms with E-state index in [1.165, 1.54) is 101 Å². The van der Waals surface area contributed by atoms with Crippen LogP contribution >= 0.6 is 11.8 Å². The normalized spacial score (nSPS) is 33.3. The van der Waals surface area contributed by atoms with Crippen molar-refractivity contribution in [2.75, 3.05) is 24.7 Å². The van der Waals surface area contributed by atoms with Crippen molar-refractivity contribution in [3.8, 4) is 0 Å². The summed E-state index contributed by atoms with van der Waals surface area (Å²) in [6.45, 7) is 3.21. The Labute approximate surface area is 172 Å². The molecule has 4 aliphatic heterocycles. The zero-order chi connectivity index (χ0) is 18.3. The number of rotatable bonds is 10. The number of hydrogen-bond donors (Lipinski definition) is 0. The summed E-state index contributed by atoms with van der Waals surface area (Å²) >= 11 is 2.11. The van der Waals surface area contributed by atoms with Crippen LogP contribution in [-0.4, -0.2) is 38.6 Å². The van der Waals surface area contributed by atoms with Gasteiger partial charge in [-0.25, -0.2) is 0 Å². The Morgan fingerprint density at radius 3 is 1.22 bits per heavy atom. The predicted octanol–water partition coefficient (Wildman–Crippen LogP) is 6.73. The molecule has 152 valence electrons. The summed E-state index contributed by atoms with van der Waals surface area (Å²) in [6.07, 6.45) is 19.7. The highest BCUT2D eigenvalue weighted by Crippen LogP contribution is 2.47. The Balaban J connectivity index is 1.01. The molecule has 0 amide bonds. The fraction of sp³-hybridized carbons (Fsp3) is 1.00. The number of hydrogen-bond acceptors (Lipinski definition) is 3. The Kier molecular flexibility index (Phi) is 8.40. The van der Waals surface area contributed by atoms with Gasteiger partial charge in [-0.05, 0) is 47.6 Å². The van der Waals surface area contributed by atoms with Crippen LogP contribution in [0.3, 0.4) is 0 Å². The summed E-state index contributed by atoms with van der Waals surface area (Å²) in [4.78, 5) is 0. The van der Waals surface area contributed by atoms with E-state index in [1.807, 2.05) is 0 Å². The first-order chi connectivity index (χ1) is 13.4. The average molecular weight is 390 g/mol. The van der Waals surface area contributed by atoms with Crippen molar-refractivity contribution in [1.29, 1.82) is 0 Å². The van der Waals surface area contributed by atoms with Gasteiger partial charge in [-0.1, -0.05) is 77.0 Å². The van der Waals surface area contributed by atoms with Crippen LogP contribution < -0.4 is 0 Å². The van der Waals surface area contributed by atoms with E-state index in [2.05, 4.69) is 11.8 Å². The van der Waals surface area contributed by atoms with Crippen LogP contribution in [-0.2, 0) is 9.31 Å². The van der Waals surface area contributed by atoms with Crippen molar-refractivity contribution in [3.63, 3.8) is 0 Å². The lowest BCUT2D eigenvalue weighted by Gasteiger charge is -2.39. The maximum atomic E-state index is 6.36. The molecule has 0 saturated carbocycles. The second-order valence-electron chi connectivity index (χ2n) is 9.75. The van der Waals surface area contributed by atoms with Gasteiger partial charge >= 0.3 is 0 Å². The Morgan fingerprint density at radius 1 is 0.556 bits per heavy atom. The summed E-state index contributed by atoms with van der Waals surface area (Å²) < 4.78 is 12.7. The van der Waals surface area contributed by atoms with Crippen molar-refractivity contribution >= 4 is 25.6 Å². The van der Waals surface area contributed by atoms with Gasteiger partial charge in [0.2, 0.25) is 0 Å². The Hall–Kier alpha value is 0.400. The molecule has 0 aliphatic carbocycles. The monoisotopic (exact) mass is 390 g/mol. The van der Waals surface area contributed by atoms with Gasteiger partial charge in [-0.3, -0.25) is 0 Å². The molecular weight excluding hydrogens is 350 g/mol. The van der Waals surface area contributed by atoms with E-state index in [9.17, 15) is 0 Å². The second-order valence-corrected chi connectivity index (χ2v) is 11.0. The largest absolute Gasteiger partial charge is 0.435 e. The van der Waals surface area contributed by atoms with Gasteiger partial charge in [-0.2, -0.15) is 11.8 Å². The molecule has 0 radical (unpaired) electrons. The maximum Gasteiger partial charge on any atom is 0.299 e. The summed E-state index contributed by atoms with van der Waals surface area (Å²) in [5, 5.41) is 0. The van der Waals surface area contributed by atoms with Crippen molar-refractivity contribution in [2.45, 2.75) is 113 Å². The first-order valence-electron chi connectivity index (χ1n) is 12.2. The lowest BCUT2D eigenvalue weighted by Crippen LogP contribution is -2.37. The highest BCUT2D eigenvalue weighted by Gasteiger charge is 2.41. The molecule has 0 aromatic heterocycles. The third-order valence-electron chi connectivity index (χ3n) is 7.94. The van der Waals surface area contributed by atoms with Crippen molar-refractivity contribution < 1.29 is 9.31 Å². The smallest absolute Gasteiger partial charge is 0.299 e. The molecule has 0 unspecified atom stereocenters. The molecule has 0 N–H and O–H groups in total. The van der Waals surface area contributed by atoms with E-state index in [1.54, 1.807) is 0 Å². The van der Waals surface area contributed by atoms with E-state index in [0.717, 1.165) is 36.5 Å². The van der Waals surface area contributed by atoms with Crippen LogP contribution in [0, 0.1) is 0 Å². The van der Waals surface area contributed by atoms with Crippen LogP contribution in [0.15, 0.2) is 0 Å².